The van der Waals surface area contributed by atoms with Crippen molar-refractivity contribution in [3.8, 4) is 5.75 Å². The van der Waals surface area contributed by atoms with Crippen LogP contribution in [0, 0.1) is 0 Å². The summed E-state index contributed by atoms with van der Waals surface area (Å²) in [5.74, 6) is 2.14. The second-order valence-corrected chi connectivity index (χ2v) is 10.2. The summed E-state index contributed by atoms with van der Waals surface area (Å²) in [6, 6.07) is 5.08. The highest BCUT2D eigenvalue weighted by molar-refractivity contribution is 7.99. The van der Waals surface area contributed by atoms with Crippen molar-refractivity contribution >= 4 is 44.8 Å². The van der Waals surface area contributed by atoms with Gasteiger partial charge in [0.25, 0.3) is 0 Å². The van der Waals surface area contributed by atoms with Crippen LogP contribution < -0.4 is 4.74 Å². The summed E-state index contributed by atoms with van der Waals surface area (Å²) >= 11 is 13.5. The van der Waals surface area contributed by atoms with E-state index in [2.05, 4.69) is 16.8 Å². The Kier molecular flexibility index (Phi) is 6.73. The zero-order chi connectivity index (χ0) is 19.4. The molecule has 1 fully saturated rings. The number of hydrogen-bond acceptors (Lipinski definition) is 6. The van der Waals surface area contributed by atoms with E-state index in [4.69, 9.17) is 27.9 Å². The lowest BCUT2D eigenvalue weighted by Gasteiger charge is -2.11. The lowest BCUT2D eigenvalue weighted by atomic mass is 10.1. The molecule has 1 atom stereocenters. The summed E-state index contributed by atoms with van der Waals surface area (Å²) in [6.07, 6.45) is 2.34. The predicted octanol–water partition coefficient (Wildman–Crippen LogP) is 3.84. The van der Waals surface area contributed by atoms with Gasteiger partial charge in [-0.05, 0) is 24.6 Å². The molecule has 0 N–H and O–H groups in total. The van der Waals surface area contributed by atoms with E-state index in [1.807, 2.05) is 4.57 Å². The molecule has 0 amide bonds. The van der Waals surface area contributed by atoms with Gasteiger partial charge in [0.05, 0.1) is 23.1 Å². The van der Waals surface area contributed by atoms with Crippen LogP contribution in [0.4, 0.5) is 0 Å². The molecule has 1 aromatic heterocycles. The van der Waals surface area contributed by atoms with Gasteiger partial charge in [0.2, 0.25) is 0 Å². The molecule has 0 bridgehead atoms. The van der Waals surface area contributed by atoms with Crippen LogP contribution >= 0.6 is 35.0 Å². The maximum Gasteiger partial charge on any atom is 0.191 e. The SMILES string of the molecule is C=CCn1c(SCCOc2ccc(Cl)cc2Cl)nnc1C1CCS(=O)(=O)C1. The second-order valence-electron chi connectivity index (χ2n) is 6.11. The van der Waals surface area contributed by atoms with E-state index in [0.717, 1.165) is 5.16 Å². The van der Waals surface area contributed by atoms with E-state index in [-0.39, 0.29) is 17.4 Å². The van der Waals surface area contributed by atoms with Crippen molar-refractivity contribution in [1.82, 2.24) is 14.8 Å². The predicted molar refractivity (Wildman–Crippen MR) is 109 cm³/mol. The Morgan fingerprint density at radius 1 is 1.37 bits per heavy atom. The molecule has 1 aliphatic heterocycles. The summed E-state index contributed by atoms with van der Waals surface area (Å²) in [5, 5.41) is 10.2. The molecular formula is C17H19Cl2N3O3S2. The number of rotatable bonds is 8. The first-order valence-corrected chi connectivity index (χ1v) is 11.9. The number of sulfone groups is 1. The Bertz CT molecular complexity index is 932. The fourth-order valence-electron chi connectivity index (χ4n) is 2.88. The van der Waals surface area contributed by atoms with Crippen LogP contribution in [0.25, 0.3) is 0 Å². The topological polar surface area (TPSA) is 74.1 Å². The highest BCUT2D eigenvalue weighted by atomic mass is 35.5. The van der Waals surface area contributed by atoms with Gasteiger partial charge in [0.1, 0.15) is 11.6 Å². The van der Waals surface area contributed by atoms with Crippen LogP contribution in [0.3, 0.4) is 0 Å². The summed E-state index contributed by atoms with van der Waals surface area (Å²) in [5.41, 5.74) is 0. The molecule has 3 rings (SSSR count). The summed E-state index contributed by atoms with van der Waals surface area (Å²) < 4.78 is 31.1. The lowest BCUT2D eigenvalue weighted by molar-refractivity contribution is 0.344. The highest BCUT2D eigenvalue weighted by Gasteiger charge is 2.33. The Labute approximate surface area is 172 Å². The van der Waals surface area contributed by atoms with Crippen molar-refractivity contribution in [2.45, 2.75) is 24.0 Å². The van der Waals surface area contributed by atoms with E-state index in [1.54, 1.807) is 24.3 Å². The molecule has 146 valence electrons. The quantitative estimate of drug-likeness (QED) is 0.347. The summed E-state index contributed by atoms with van der Waals surface area (Å²) in [7, 11) is -2.98. The standard InChI is InChI=1S/C17H19Cl2N3O3S2/c1-2-6-22-16(12-5-9-27(23,24)11-12)20-21-17(22)26-8-7-25-15-4-3-13(18)10-14(15)19/h2-4,10,12H,1,5-9,11H2. The van der Waals surface area contributed by atoms with Crippen LogP contribution in [0.2, 0.25) is 10.0 Å². The Hall–Kier alpha value is -1.22. The number of nitrogens with zero attached hydrogens (tertiary/aromatic N) is 3. The number of benzene rings is 1. The number of thioether (sulfide) groups is 1. The van der Waals surface area contributed by atoms with Gasteiger partial charge in [-0.3, -0.25) is 0 Å². The zero-order valence-corrected chi connectivity index (χ0v) is 17.6. The molecule has 1 saturated heterocycles. The van der Waals surface area contributed by atoms with E-state index in [9.17, 15) is 8.42 Å². The largest absolute Gasteiger partial charge is 0.491 e. The first-order chi connectivity index (χ1) is 12.9. The molecule has 1 aromatic carbocycles. The average molecular weight is 448 g/mol. The minimum absolute atomic E-state index is 0.110. The van der Waals surface area contributed by atoms with Crippen molar-refractivity contribution < 1.29 is 13.2 Å². The number of allylic oxidation sites excluding steroid dienone is 1. The van der Waals surface area contributed by atoms with E-state index < -0.39 is 9.84 Å². The molecule has 0 saturated carbocycles. The zero-order valence-electron chi connectivity index (χ0n) is 14.5. The Balaban J connectivity index is 1.62. The normalized spacial score (nSPS) is 18.5. The Morgan fingerprint density at radius 3 is 2.85 bits per heavy atom. The van der Waals surface area contributed by atoms with Crippen molar-refractivity contribution in [3.05, 3.63) is 46.7 Å². The van der Waals surface area contributed by atoms with Crippen LogP contribution in [-0.4, -0.2) is 47.0 Å². The first kappa shape index (κ1) is 20.5. The fraction of sp³-hybridized carbons (Fsp3) is 0.412. The number of aromatic nitrogens is 3. The average Bonchev–Trinajstić information content (AvgIpc) is 3.16. The molecule has 6 nitrogen and oxygen atoms in total. The first-order valence-electron chi connectivity index (χ1n) is 8.34. The van der Waals surface area contributed by atoms with Crippen LogP contribution in [-0.2, 0) is 16.4 Å². The van der Waals surface area contributed by atoms with Crippen molar-refractivity contribution in [3.63, 3.8) is 0 Å². The van der Waals surface area contributed by atoms with Crippen molar-refractivity contribution in [2.75, 3.05) is 23.9 Å². The maximum atomic E-state index is 11.8. The molecule has 0 spiro atoms. The third kappa shape index (κ3) is 5.19. The van der Waals surface area contributed by atoms with E-state index >= 15 is 0 Å². The van der Waals surface area contributed by atoms with Crippen LogP contribution in [0.5, 0.6) is 5.75 Å². The van der Waals surface area contributed by atoms with Gasteiger partial charge in [0, 0.05) is 23.2 Å². The molecule has 2 heterocycles. The van der Waals surface area contributed by atoms with Crippen molar-refractivity contribution in [2.24, 2.45) is 0 Å². The molecule has 0 aliphatic carbocycles. The van der Waals surface area contributed by atoms with Crippen LogP contribution in [0.1, 0.15) is 18.2 Å². The van der Waals surface area contributed by atoms with E-state index in [1.165, 1.54) is 11.8 Å². The van der Waals surface area contributed by atoms with Crippen molar-refractivity contribution in [1.29, 1.82) is 0 Å². The highest BCUT2D eigenvalue weighted by Crippen LogP contribution is 2.31. The lowest BCUT2D eigenvalue weighted by Crippen LogP contribution is -2.11. The Morgan fingerprint density at radius 2 is 2.19 bits per heavy atom. The fourth-order valence-corrected chi connectivity index (χ4v) is 5.86. The second kappa shape index (κ2) is 8.86. The number of halogens is 2. The molecule has 1 aliphatic rings. The molecular weight excluding hydrogens is 429 g/mol. The number of hydrogen-bond donors (Lipinski definition) is 0. The summed E-state index contributed by atoms with van der Waals surface area (Å²) in [6.45, 7) is 4.74. The summed E-state index contributed by atoms with van der Waals surface area (Å²) in [4.78, 5) is 0. The van der Waals surface area contributed by atoms with Gasteiger partial charge < -0.3 is 9.30 Å². The maximum absolute atomic E-state index is 11.8. The molecule has 10 heteroatoms. The molecule has 2 aromatic rings. The molecule has 27 heavy (non-hydrogen) atoms. The van der Waals surface area contributed by atoms with Gasteiger partial charge in [-0.25, -0.2) is 8.42 Å². The van der Waals surface area contributed by atoms with Gasteiger partial charge in [-0.1, -0.05) is 41.0 Å². The monoisotopic (exact) mass is 447 g/mol. The smallest absolute Gasteiger partial charge is 0.191 e. The van der Waals surface area contributed by atoms with E-state index in [0.29, 0.717) is 46.9 Å². The molecule has 1 unspecified atom stereocenters. The number of ether oxygens (including phenoxy) is 1. The minimum Gasteiger partial charge on any atom is -0.491 e. The third-order valence-corrected chi connectivity index (χ3v) is 7.35. The van der Waals surface area contributed by atoms with Gasteiger partial charge in [-0.2, -0.15) is 0 Å². The van der Waals surface area contributed by atoms with Gasteiger partial charge in [0.15, 0.2) is 15.0 Å². The minimum atomic E-state index is -2.98. The van der Waals surface area contributed by atoms with Gasteiger partial charge >= 0.3 is 0 Å². The molecule has 0 radical (unpaired) electrons. The van der Waals surface area contributed by atoms with Crippen LogP contribution in [0.15, 0.2) is 36.0 Å². The van der Waals surface area contributed by atoms with Gasteiger partial charge in [-0.15, -0.1) is 16.8 Å². The third-order valence-electron chi connectivity index (χ3n) is 4.12.